The fraction of sp³-hybridized carbons (Fsp3) is 0.0667. The van der Waals surface area contributed by atoms with E-state index in [1.807, 2.05) is 31.3 Å². The molecule has 0 aliphatic carbocycles. The van der Waals surface area contributed by atoms with Gasteiger partial charge in [-0.15, -0.1) is 0 Å². The summed E-state index contributed by atoms with van der Waals surface area (Å²) in [4.78, 5) is 0. The van der Waals surface area contributed by atoms with Crippen molar-refractivity contribution in [3.05, 3.63) is 59.7 Å². The van der Waals surface area contributed by atoms with Gasteiger partial charge in [-0.05, 0) is 35.4 Å². The van der Waals surface area contributed by atoms with Crippen LogP contribution in [0, 0.1) is 0 Å². The van der Waals surface area contributed by atoms with Crippen LogP contribution >= 0.6 is 0 Å². The van der Waals surface area contributed by atoms with Gasteiger partial charge in [-0.2, -0.15) is 0 Å². The fourth-order valence-corrected chi connectivity index (χ4v) is 1.56. The van der Waals surface area contributed by atoms with Crippen LogP contribution in [0.2, 0.25) is 0 Å². The molecule has 0 radical (unpaired) electrons. The number of rotatable bonds is 3. The molecule has 0 aliphatic heterocycles. The molecule has 0 bridgehead atoms. The average molecular weight is 224 g/mol. The molecule has 0 fully saturated rings. The maximum absolute atomic E-state index is 5.63. The Kier molecular flexibility index (Phi) is 3.46. The lowest BCUT2D eigenvalue weighted by atomic mass is 10.1. The molecule has 17 heavy (non-hydrogen) atoms. The molecule has 0 atom stereocenters. The maximum Gasteiger partial charge on any atom is 0.0337 e. The summed E-state index contributed by atoms with van der Waals surface area (Å²) in [5.41, 5.74) is 9.88. The Morgan fingerprint density at radius 3 is 1.76 bits per heavy atom. The quantitative estimate of drug-likeness (QED) is 0.618. The molecule has 2 rings (SSSR count). The van der Waals surface area contributed by atoms with Crippen molar-refractivity contribution in [2.45, 2.75) is 0 Å². The van der Waals surface area contributed by atoms with E-state index in [1.54, 1.807) is 0 Å². The minimum atomic E-state index is 0.792. The van der Waals surface area contributed by atoms with Crippen LogP contribution in [0.4, 0.5) is 11.4 Å². The first kappa shape index (κ1) is 11.3. The zero-order valence-electron chi connectivity index (χ0n) is 9.85. The molecule has 86 valence electrons. The van der Waals surface area contributed by atoms with Crippen molar-refractivity contribution >= 4 is 23.5 Å². The van der Waals surface area contributed by atoms with E-state index < -0.39 is 0 Å². The van der Waals surface area contributed by atoms with Gasteiger partial charge in [-0.3, -0.25) is 0 Å². The molecular weight excluding hydrogens is 208 g/mol. The highest BCUT2D eigenvalue weighted by Gasteiger charge is 1.90. The Hall–Kier alpha value is -2.22. The summed E-state index contributed by atoms with van der Waals surface area (Å²) in [5, 5.41) is 3.10. The lowest BCUT2D eigenvalue weighted by Gasteiger charge is -1.99. The van der Waals surface area contributed by atoms with Crippen LogP contribution in [-0.4, -0.2) is 7.05 Å². The molecular formula is C15H16N2. The molecule has 0 aromatic heterocycles. The van der Waals surface area contributed by atoms with Gasteiger partial charge < -0.3 is 11.1 Å². The Morgan fingerprint density at radius 1 is 0.824 bits per heavy atom. The molecule has 0 aliphatic rings. The summed E-state index contributed by atoms with van der Waals surface area (Å²) >= 11 is 0. The zero-order valence-corrected chi connectivity index (χ0v) is 9.85. The van der Waals surface area contributed by atoms with E-state index >= 15 is 0 Å². The largest absolute Gasteiger partial charge is 0.399 e. The lowest BCUT2D eigenvalue weighted by Crippen LogP contribution is -1.86. The fourth-order valence-electron chi connectivity index (χ4n) is 1.56. The molecule has 2 nitrogen and oxygen atoms in total. The number of benzene rings is 2. The van der Waals surface area contributed by atoms with Crippen molar-refractivity contribution in [3.8, 4) is 0 Å². The lowest BCUT2D eigenvalue weighted by molar-refractivity contribution is 1.51. The van der Waals surface area contributed by atoms with Crippen LogP contribution in [0.15, 0.2) is 48.5 Å². The van der Waals surface area contributed by atoms with Gasteiger partial charge in [0.2, 0.25) is 0 Å². The van der Waals surface area contributed by atoms with Crippen LogP contribution < -0.4 is 11.1 Å². The minimum Gasteiger partial charge on any atom is -0.399 e. The third-order valence-corrected chi connectivity index (χ3v) is 2.60. The number of anilines is 2. The molecule has 0 saturated carbocycles. The third kappa shape index (κ3) is 3.11. The van der Waals surface area contributed by atoms with Crippen LogP contribution in [-0.2, 0) is 0 Å². The van der Waals surface area contributed by atoms with Gasteiger partial charge in [-0.1, -0.05) is 36.4 Å². The Balaban J connectivity index is 2.11. The van der Waals surface area contributed by atoms with Gasteiger partial charge in [-0.25, -0.2) is 0 Å². The van der Waals surface area contributed by atoms with Crippen molar-refractivity contribution in [3.63, 3.8) is 0 Å². The third-order valence-electron chi connectivity index (χ3n) is 2.60. The van der Waals surface area contributed by atoms with Gasteiger partial charge in [0.15, 0.2) is 0 Å². The highest BCUT2D eigenvalue weighted by molar-refractivity contribution is 5.71. The molecule has 0 heterocycles. The van der Waals surface area contributed by atoms with E-state index in [-0.39, 0.29) is 0 Å². The summed E-state index contributed by atoms with van der Waals surface area (Å²) in [6.45, 7) is 0. The first-order chi connectivity index (χ1) is 8.28. The summed E-state index contributed by atoms with van der Waals surface area (Å²) in [5.74, 6) is 0. The van der Waals surface area contributed by atoms with E-state index in [2.05, 4.69) is 41.7 Å². The first-order valence-electron chi connectivity index (χ1n) is 5.59. The summed E-state index contributed by atoms with van der Waals surface area (Å²) in [7, 11) is 1.92. The van der Waals surface area contributed by atoms with Crippen molar-refractivity contribution in [2.24, 2.45) is 0 Å². The molecule has 3 N–H and O–H groups in total. The van der Waals surface area contributed by atoms with Crippen molar-refractivity contribution < 1.29 is 0 Å². The molecule has 2 aromatic carbocycles. The van der Waals surface area contributed by atoms with Gasteiger partial charge >= 0.3 is 0 Å². The molecule has 0 amide bonds. The van der Waals surface area contributed by atoms with E-state index in [9.17, 15) is 0 Å². The Labute approximate surface area is 102 Å². The average Bonchev–Trinajstić information content (AvgIpc) is 2.39. The minimum absolute atomic E-state index is 0.792. The highest BCUT2D eigenvalue weighted by Crippen LogP contribution is 2.13. The second-order valence-electron chi connectivity index (χ2n) is 3.87. The van der Waals surface area contributed by atoms with Gasteiger partial charge in [0.05, 0.1) is 0 Å². The van der Waals surface area contributed by atoms with Crippen LogP contribution in [0.25, 0.3) is 12.2 Å². The van der Waals surface area contributed by atoms with Crippen molar-refractivity contribution in [1.29, 1.82) is 0 Å². The van der Waals surface area contributed by atoms with E-state index in [0.29, 0.717) is 0 Å². The predicted molar refractivity (Wildman–Crippen MR) is 75.8 cm³/mol. The SMILES string of the molecule is CNc1ccc(/C=C/c2ccc(N)cc2)cc1. The maximum atomic E-state index is 5.63. The van der Waals surface area contributed by atoms with Crippen molar-refractivity contribution in [1.82, 2.24) is 0 Å². The number of nitrogen functional groups attached to an aromatic ring is 1. The van der Waals surface area contributed by atoms with Gasteiger partial charge in [0.25, 0.3) is 0 Å². The number of nitrogens with one attached hydrogen (secondary N) is 1. The molecule has 0 saturated heterocycles. The number of hydrogen-bond acceptors (Lipinski definition) is 2. The molecule has 2 aromatic rings. The Morgan fingerprint density at radius 2 is 1.29 bits per heavy atom. The second kappa shape index (κ2) is 5.21. The normalized spacial score (nSPS) is 10.6. The monoisotopic (exact) mass is 224 g/mol. The molecule has 2 heteroatoms. The highest BCUT2D eigenvalue weighted by atomic mass is 14.8. The number of hydrogen-bond donors (Lipinski definition) is 2. The predicted octanol–water partition coefficient (Wildman–Crippen LogP) is 3.48. The summed E-state index contributed by atoms with van der Waals surface area (Å²) in [6.07, 6.45) is 4.17. The van der Waals surface area contributed by atoms with Crippen LogP contribution in [0.3, 0.4) is 0 Å². The summed E-state index contributed by atoms with van der Waals surface area (Å²) in [6, 6.07) is 16.1. The molecule has 0 unspecified atom stereocenters. The first-order valence-corrected chi connectivity index (χ1v) is 5.59. The standard InChI is InChI=1S/C15H16N2/c1-17-15-10-6-13(7-11-15)3-2-12-4-8-14(16)9-5-12/h2-11,17H,16H2,1H3/b3-2+. The van der Waals surface area contributed by atoms with Gasteiger partial charge in [0, 0.05) is 18.4 Å². The number of nitrogens with two attached hydrogens (primary N) is 1. The van der Waals surface area contributed by atoms with E-state index in [1.165, 1.54) is 5.56 Å². The second-order valence-corrected chi connectivity index (χ2v) is 3.87. The molecule has 0 spiro atoms. The van der Waals surface area contributed by atoms with E-state index in [4.69, 9.17) is 5.73 Å². The Bertz CT molecular complexity index is 495. The topological polar surface area (TPSA) is 38.0 Å². The zero-order chi connectivity index (χ0) is 12.1. The van der Waals surface area contributed by atoms with E-state index in [0.717, 1.165) is 16.9 Å². The van der Waals surface area contributed by atoms with Crippen molar-refractivity contribution in [2.75, 3.05) is 18.1 Å². The smallest absolute Gasteiger partial charge is 0.0337 e. The van der Waals surface area contributed by atoms with Crippen LogP contribution in [0.1, 0.15) is 11.1 Å². The summed E-state index contributed by atoms with van der Waals surface area (Å²) < 4.78 is 0. The van der Waals surface area contributed by atoms with Crippen LogP contribution in [0.5, 0.6) is 0 Å². The van der Waals surface area contributed by atoms with Gasteiger partial charge in [0.1, 0.15) is 0 Å².